The van der Waals surface area contributed by atoms with Crippen molar-refractivity contribution in [3.8, 4) is 16.5 Å². The van der Waals surface area contributed by atoms with E-state index in [2.05, 4.69) is 22.0 Å². The highest BCUT2D eigenvalue weighted by molar-refractivity contribution is 9.10. The molecule has 0 radical (unpaired) electrons. The van der Waals surface area contributed by atoms with Crippen molar-refractivity contribution in [3.63, 3.8) is 0 Å². The minimum atomic E-state index is -0.435. The molecule has 0 aliphatic heterocycles. The maximum Gasteiger partial charge on any atom is 0.271 e. The Labute approximate surface area is 134 Å². The quantitative estimate of drug-likeness (QED) is 0.637. The number of benzene rings is 1. The van der Waals surface area contributed by atoms with Gasteiger partial charge in [0.25, 0.3) is 5.69 Å². The molecule has 0 bridgehead atoms. The number of nitrogen functional groups attached to an aromatic ring is 1. The van der Waals surface area contributed by atoms with Crippen LogP contribution in [0, 0.1) is 21.4 Å². The van der Waals surface area contributed by atoms with Gasteiger partial charge in [-0.05, 0) is 23.6 Å². The molecule has 0 aliphatic rings. The Morgan fingerprint density at radius 2 is 2.19 bits per heavy atom. The number of thiophene rings is 1. The SMILES string of the molecule is CCCc1c(-c2cc(Br)cc([N+](=O)[O-])c2)sc(C#N)c1N. The topological polar surface area (TPSA) is 93.0 Å². The molecule has 2 rings (SSSR count). The summed E-state index contributed by atoms with van der Waals surface area (Å²) < 4.78 is 0.625. The Morgan fingerprint density at radius 3 is 2.76 bits per heavy atom. The van der Waals surface area contributed by atoms with Crippen LogP contribution in [-0.4, -0.2) is 4.92 Å². The maximum absolute atomic E-state index is 11.0. The first kappa shape index (κ1) is 15.5. The molecule has 0 unspecified atom stereocenters. The van der Waals surface area contributed by atoms with E-state index in [1.54, 1.807) is 6.07 Å². The van der Waals surface area contributed by atoms with Crippen molar-refractivity contribution in [1.82, 2.24) is 0 Å². The Bertz CT molecular complexity index is 749. The van der Waals surface area contributed by atoms with Crippen LogP contribution in [0.25, 0.3) is 10.4 Å². The van der Waals surface area contributed by atoms with E-state index in [9.17, 15) is 10.1 Å². The molecule has 1 aromatic carbocycles. The summed E-state index contributed by atoms with van der Waals surface area (Å²) in [4.78, 5) is 11.8. The highest BCUT2D eigenvalue weighted by Gasteiger charge is 2.19. The number of hydrogen-bond acceptors (Lipinski definition) is 5. The van der Waals surface area contributed by atoms with E-state index in [0.717, 1.165) is 23.3 Å². The Morgan fingerprint density at radius 1 is 1.48 bits per heavy atom. The molecule has 7 heteroatoms. The molecule has 0 atom stereocenters. The second kappa shape index (κ2) is 6.24. The normalized spacial score (nSPS) is 10.3. The van der Waals surface area contributed by atoms with E-state index in [4.69, 9.17) is 11.0 Å². The van der Waals surface area contributed by atoms with Gasteiger partial charge in [-0.3, -0.25) is 10.1 Å². The minimum Gasteiger partial charge on any atom is -0.397 e. The summed E-state index contributed by atoms with van der Waals surface area (Å²) >= 11 is 4.57. The summed E-state index contributed by atoms with van der Waals surface area (Å²) in [6, 6.07) is 6.85. The second-order valence-corrected chi connectivity index (χ2v) is 6.41. The third-order valence-corrected chi connectivity index (χ3v) is 4.66. The summed E-state index contributed by atoms with van der Waals surface area (Å²) in [5.41, 5.74) is 8.11. The summed E-state index contributed by atoms with van der Waals surface area (Å²) in [5.74, 6) is 0. The number of anilines is 1. The lowest BCUT2D eigenvalue weighted by Crippen LogP contribution is -1.94. The van der Waals surface area contributed by atoms with Gasteiger partial charge in [0.1, 0.15) is 10.9 Å². The molecular formula is C14H12BrN3O2S. The summed E-state index contributed by atoms with van der Waals surface area (Å²) in [7, 11) is 0. The van der Waals surface area contributed by atoms with E-state index < -0.39 is 4.92 Å². The molecule has 2 N–H and O–H groups in total. The van der Waals surface area contributed by atoms with Crippen molar-refractivity contribution in [2.45, 2.75) is 19.8 Å². The fraction of sp³-hybridized carbons (Fsp3) is 0.214. The molecule has 21 heavy (non-hydrogen) atoms. The monoisotopic (exact) mass is 365 g/mol. The zero-order chi connectivity index (χ0) is 15.6. The number of nitriles is 1. The molecule has 5 nitrogen and oxygen atoms in total. The summed E-state index contributed by atoms with van der Waals surface area (Å²) in [6.07, 6.45) is 1.62. The van der Waals surface area contributed by atoms with Crippen LogP contribution < -0.4 is 5.73 Å². The van der Waals surface area contributed by atoms with Crippen molar-refractivity contribution >= 4 is 38.6 Å². The molecule has 1 aromatic heterocycles. The van der Waals surface area contributed by atoms with E-state index >= 15 is 0 Å². The van der Waals surface area contributed by atoms with Gasteiger partial charge in [0.15, 0.2) is 0 Å². The van der Waals surface area contributed by atoms with Gasteiger partial charge in [0.05, 0.1) is 10.6 Å². The lowest BCUT2D eigenvalue weighted by molar-refractivity contribution is -0.384. The first-order valence-electron chi connectivity index (χ1n) is 6.24. The first-order valence-corrected chi connectivity index (χ1v) is 7.85. The van der Waals surface area contributed by atoms with Crippen molar-refractivity contribution in [1.29, 1.82) is 5.26 Å². The Balaban J connectivity index is 2.66. The van der Waals surface area contributed by atoms with Crippen molar-refractivity contribution < 1.29 is 4.92 Å². The van der Waals surface area contributed by atoms with E-state index in [1.165, 1.54) is 23.5 Å². The van der Waals surface area contributed by atoms with Crippen LogP contribution in [0.1, 0.15) is 23.8 Å². The largest absolute Gasteiger partial charge is 0.397 e. The van der Waals surface area contributed by atoms with Crippen LogP contribution >= 0.6 is 27.3 Å². The van der Waals surface area contributed by atoms with Crippen LogP contribution in [-0.2, 0) is 6.42 Å². The highest BCUT2D eigenvalue weighted by atomic mass is 79.9. The number of nitro groups is 1. The van der Waals surface area contributed by atoms with Crippen LogP contribution in [0.15, 0.2) is 22.7 Å². The van der Waals surface area contributed by atoms with Gasteiger partial charge in [0.2, 0.25) is 0 Å². The lowest BCUT2D eigenvalue weighted by Gasteiger charge is -2.05. The molecular weight excluding hydrogens is 354 g/mol. The van der Waals surface area contributed by atoms with E-state index in [0.29, 0.717) is 20.6 Å². The van der Waals surface area contributed by atoms with Crippen molar-refractivity contribution in [3.05, 3.63) is 43.2 Å². The molecule has 1 heterocycles. The average Bonchev–Trinajstić information content (AvgIpc) is 2.75. The molecule has 0 spiro atoms. The summed E-state index contributed by atoms with van der Waals surface area (Å²) in [5, 5.41) is 20.1. The van der Waals surface area contributed by atoms with Gasteiger partial charge < -0.3 is 5.73 Å². The second-order valence-electron chi connectivity index (χ2n) is 4.47. The number of rotatable bonds is 4. The van der Waals surface area contributed by atoms with Gasteiger partial charge in [-0.15, -0.1) is 11.3 Å². The fourth-order valence-corrected chi connectivity index (χ4v) is 3.64. The van der Waals surface area contributed by atoms with E-state index in [1.807, 2.05) is 6.92 Å². The number of hydrogen-bond donors (Lipinski definition) is 1. The molecule has 108 valence electrons. The third kappa shape index (κ3) is 3.06. The minimum absolute atomic E-state index is 0.00676. The highest BCUT2D eigenvalue weighted by Crippen LogP contribution is 2.41. The fourth-order valence-electron chi connectivity index (χ4n) is 2.10. The van der Waals surface area contributed by atoms with Gasteiger partial charge in [0, 0.05) is 21.5 Å². The Hall–Kier alpha value is -1.91. The molecule has 0 aliphatic carbocycles. The van der Waals surface area contributed by atoms with Crippen LogP contribution in [0.5, 0.6) is 0 Å². The Kier molecular flexibility index (Phi) is 4.60. The number of nitro benzene ring substituents is 1. The first-order chi connectivity index (χ1) is 9.97. The summed E-state index contributed by atoms with van der Waals surface area (Å²) in [6.45, 7) is 2.02. The van der Waals surface area contributed by atoms with Crippen LogP contribution in [0.2, 0.25) is 0 Å². The molecule has 0 amide bonds. The zero-order valence-electron chi connectivity index (χ0n) is 11.2. The number of halogens is 1. The van der Waals surface area contributed by atoms with Gasteiger partial charge in [-0.25, -0.2) is 0 Å². The smallest absolute Gasteiger partial charge is 0.271 e. The predicted octanol–water partition coefficient (Wildman–Crippen LogP) is 4.49. The van der Waals surface area contributed by atoms with Crippen LogP contribution in [0.3, 0.4) is 0 Å². The molecule has 0 saturated heterocycles. The maximum atomic E-state index is 11.0. The molecule has 0 saturated carbocycles. The predicted molar refractivity (Wildman–Crippen MR) is 87.2 cm³/mol. The van der Waals surface area contributed by atoms with Gasteiger partial charge in [-0.1, -0.05) is 29.3 Å². The third-order valence-electron chi connectivity index (χ3n) is 3.01. The van der Waals surface area contributed by atoms with Gasteiger partial charge in [-0.2, -0.15) is 5.26 Å². The van der Waals surface area contributed by atoms with Crippen LogP contribution in [0.4, 0.5) is 11.4 Å². The van der Waals surface area contributed by atoms with Gasteiger partial charge >= 0.3 is 0 Å². The van der Waals surface area contributed by atoms with E-state index in [-0.39, 0.29) is 5.69 Å². The number of non-ortho nitro benzene ring substituents is 1. The number of nitrogens with two attached hydrogens (primary N) is 1. The lowest BCUT2D eigenvalue weighted by atomic mass is 10.0. The number of nitrogens with zero attached hydrogens (tertiary/aromatic N) is 2. The molecule has 2 aromatic rings. The average molecular weight is 366 g/mol. The molecule has 0 fully saturated rings. The standard InChI is InChI=1S/C14H12BrN3O2S/c1-2-3-11-13(17)12(7-16)21-14(11)8-4-9(15)6-10(5-8)18(19)20/h4-6H,2-3,17H2,1H3. The zero-order valence-corrected chi connectivity index (χ0v) is 13.6. The van der Waals surface area contributed by atoms with Crippen molar-refractivity contribution in [2.75, 3.05) is 5.73 Å². The van der Waals surface area contributed by atoms with Crippen molar-refractivity contribution in [2.24, 2.45) is 0 Å².